The van der Waals surface area contributed by atoms with Crippen LogP contribution in [0.1, 0.15) is 17.2 Å². The Morgan fingerprint density at radius 3 is 2.50 bits per heavy atom. The second-order valence-corrected chi connectivity index (χ2v) is 6.34. The van der Waals surface area contributed by atoms with Crippen molar-refractivity contribution in [3.63, 3.8) is 0 Å². The smallest absolute Gasteiger partial charge is 0.319 e. The van der Waals surface area contributed by atoms with Gasteiger partial charge in [0.1, 0.15) is 5.75 Å². The average molecular weight is 349 g/mol. The molecule has 0 bridgehead atoms. The zero-order valence-corrected chi connectivity index (χ0v) is 14.4. The van der Waals surface area contributed by atoms with Crippen molar-refractivity contribution in [2.75, 3.05) is 13.7 Å². The zero-order chi connectivity index (χ0) is 18.1. The summed E-state index contributed by atoms with van der Waals surface area (Å²) in [7, 11) is 1.62. The number of rotatable bonds is 4. The van der Waals surface area contributed by atoms with Gasteiger partial charge in [0.2, 0.25) is 0 Å². The Kier molecular flexibility index (Phi) is 4.08. The molecule has 0 spiro atoms. The van der Waals surface area contributed by atoms with Crippen LogP contribution >= 0.6 is 0 Å². The highest BCUT2D eigenvalue weighted by atomic mass is 16.5. The molecule has 1 atom stereocenters. The third kappa shape index (κ3) is 2.90. The molecule has 26 heavy (non-hydrogen) atoms. The molecule has 0 fully saturated rings. The maximum Gasteiger partial charge on any atom is 0.319 e. The number of urea groups is 1. The van der Waals surface area contributed by atoms with Gasteiger partial charge in [0.05, 0.1) is 31.0 Å². The van der Waals surface area contributed by atoms with Gasteiger partial charge in [0.25, 0.3) is 5.91 Å². The predicted octanol–water partition coefficient (Wildman–Crippen LogP) is 2.35. The molecule has 6 heteroatoms. The maximum absolute atomic E-state index is 13.0. The second kappa shape index (κ2) is 6.55. The minimum absolute atomic E-state index is 0.0582. The first-order valence-electron chi connectivity index (χ1n) is 8.43. The molecular formula is C20H19N3O3. The van der Waals surface area contributed by atoms with Crippen molar-refractivity contribution >= 4 is 11.9 Å². The van der Waals surface area contributed by atoms with Crippen LogP contribution in [0.2, 0.25) is 0 Å². The molecule has 132 valence electrons. The summed E-state index contributed by atoms with van der Waals surface area (Å²) in [6.07, 6.45) is 0. The van der Waals surface area contributed by atoms with Crippen molar-refractivity contribution in [2.45, 2.75) is 12.6 Å². The van der Waals surface area contributed by atoms with Gasteiger partial charge in [-0.1, -0.05) is 42.5 Å². The lowest BCUT2D eigenvalue weighted by molar-refractivity contribution is -0.126. The topological polar surface area (TPSA) is 70.7 Å². The summed E-state index contributed by atoms with van der Waals surface area (Å²) in [6.45, 7) is 0.879. The van der Waals surface area contributed by atoms with Gasteiger partial charge in [0.15, 0.2) is 0 Å². The van der Waals surface area contributed by atoms with E-state index in [1.807, 2.05) is 54.6 Å². The number of nitrogens with one attached hydrogen (secondary N) is 2. The van der Waals surface area contributed by atoms with Crippen LogP contribution in [-0.4, -0.2) is 30.5 Å². The van der Waals surface area contributed by atoms with Crippen LogP contribution in [0.4, 0.5) is 4.79 Å². The minimum Gasteiger partial charge on any atom is -0.497 e. The molecule has 3 amide bonds. The number of carbonyl (C=O) groups excluding carboxylic acids is 2. The third-order valence-electron chi connectivity index (χ3n) is 4.69. The molecule has 2 heterocycles. The summed E-state index contributed by atoms with van der Waals surface area (Å²) in [5.74, 6) is 0.719. The fourth-order valence-corrected chi connectivity index (χ4v) is 3.40. The molecule has 0 aromatic heterocycles. The molecule has 2 aliphatic heterocycles. The number of methoxy groups -OCH3 is 1. The Morgan fingerprint density at radius 2 is 1.81 bits per heavy atom. The van der Waals surface area contributed by atoms with Crippen LogP contribution < -0.4 is 15.4 Å². The maximum atomic E-state index is 13.0. The Morgan fingerprint density at radius 1 is 1.08 bits per heavy atom. The minimum atomic E-state index is -0.423. The van der Waals surface area contributed by atoms with E-state index in [9.17, 15) is 9.59 Å². The van der Waals surface area contributed by atoms with Crippen LogP contribution in [-0.2, 0) is 11.3 Å². The van der Waals surface area contributed by atoms with Gasteiger partial charge in [-0.2, -0.15) is 0 Å². The molecule has 2 N–H and O–H groups in total. The Balaban J connectivity index is 1.58. The van der Waals surface area contributed by atoms with Gasteiger partial charge in [-0.15, -0.1) is 0 Å². The fraction of sp³-hybridized carbons (Fsp3) is 0.200. The summed E-state index contributed by atoms with van der Waals surface area (Å²) >= 11 is 0. The standard InChI is InChI=1S/C20H19N3O3/c1-26-15-9-7-13(8-10-15)11-23-12-16-17(19(23)24)18(22-20(25)21-16)14-5-3-2-4-6-14/h2-10,18H,11-12H2,1H3,(H2,21,22,25)/t18-/m0/s1. The zero-order valence-electron chi connectivity index (χ0n) is 14.4. The van der Waals surface area contributed by atoms with Crippen LogP contribution in [0, 0.1) is 0 Å². The first-order chi connectivity index (χ1) is 12.7. The molecule has 2 aromatic carbocycles. The second-order valence-electron chi connectivity index (χ2n) is 6.34. The molecule has 0 unspecified atom stereocenters. The van der Waals surface area contributed by atoms with Gasteiger partial charge in [0, 0.05) is 6.54 Å². The van der Waals surface area contributed by atoms with E-state index in [4.69, 9.17) is 4.74 Å². The molecule has 6 nitrogen and oxygen atoms in total. The van der Waals surface area contributed by atoms with Gasteiger partial charge < -0.3 is 20.3 Å². The highest BCUT2D eigenvalue weighted by Crippen LogP contribution is 2.33. The Labute approximate surface area is 151 Å². The number of benzene rings is 2. The van der Waals surface area contributed by atoms with E-state index in [1.165, 1.54) is 0 Å². The van der Waals surface area contributed by atoms with Gasteiger partial charge in [-0.05, 0) is 23.3 Å². The largest absolute Gasteiger partial charge is 0.497 e. The van der Waals surface area contributed by atoms with Crippen molar-refractivity contribution in [1.82, 2.24) is 15.5 Å². The van der Waals surface area contributed by atoms with E-state index in [1.54, 1.807) is 12.0 Å². The quantitative estimate of drug-likeness (QED) is 0.890. The van der Waals surface area contributed by atoms with Crippen molar-refractivity contribution in [3.05, 3.63) is 77.0 Å². The first kappa shape index (κ1) is 16.2. The summed E-state index contributed by atoms with van der Waals surface area (Å²) in [5.41, 5.74) is 3.20. The Hall–Kier alpha value is -3.28. The fourth-order valence-electron chi connectivity index (χ4n) is 3.40. The van der Waals surface area contributed by atoms with Gasteiger partial charge in [-0.25, -0.2) is 4.79 Å². The van der Waals surface area contributed by atoms with Crippen molar-refractivity contribution in [1.29, 1.82) is 0 Å². The van der Waals surface area contributed by atoms with Gasteiger partial charge >= 0.3 is 6.03 Å². The number of ether oxygens (including phenoxy) is 1. The summed E-state index contributed by atoms with van der Waals surface area (Å²) < 4.78 is 5.17. The van der Waals surface area contributed by atoms with E-state index >= 15 is 0 Å². The van der Waals surface area contributed by atoms with Gasteiger partial charge in [-0.3, -0.25) is 4.79 Å². The van der Waals surface area contributed by atoms with E-state index in [0.717, 1.165) is 16.9 Å². The third-order valence-corrected chi connectivity index (χ3v) is 4.69. The Bertz CT molecular complexity index is 875. The molecule has 0 saturated heterocycles. The molecule has 4 rings (SSSR count). The number of hydrogen-bond donors (Lipinski definition) is 2. The molecule has 2 aromatic rings. The monoisotopic (exact) mass is 349 g/mol. The van der Waals surface area contributed by atoms with Crippen LogP contribution in [0.5, 0.6) is 5.75 Å². The van der Waals surface area contributed by atoms with Crippen molar-refractivity contribution in [2.24, 2.45) is 0 Å². The predicted molar refractivity (Wildman–Crippen MR) is 96.3 cm³/mol. The molecule has 0 saturated carbocycles. The highest BCUT2D eigenvalue weighted by Gasteiger charge is 2.40. The van der Waals surface area contributed by atoms with E-state index in [-0.39, 0.29) is 11.9 Å². The van der Waals surface area contributed by atoms with E-state index in [0.29, 0.717) is 24.4 Å². The normalized spacial score (nSPS) is 19.1. The molecule has 0 radical (unpaired) electrons. The van der Waals surface area contributed by atoms with E-state index < -0.39 is 6.04 Å². The van der Waals surface area contributed by atoms with E-state index in [2.05, 4.69) is 10.6 Å². The summed E-state index contributed by atoms with van der Waals surface area (Å²) in [4.78, 5) is 26.8. The van der Waals surface area contributed by atoms with Crippen LogP contribution in [0.15, 0.2) is 65.9 Å². The number of nitrogens with zero attached hydrogens (tertiary/aromatic N) is 1. The van der Waals surface area contributed by atoms with Crippen LogP contribution in [0.25, 0.3) is 0 Å². The molecule has 2 aliphatic rings. The van der Waals surface area contributed by atoms with Crippen molar-refractivity contribution < 1.29 is 14.3 Å². The van der Waals surface area contributed by atoms with Crippen molar-refractivity contribution in [3.8, 4) is 5.75 Å². The number of amides is 3. The lowest BCUT2D eigenvalue weighted by Gasteiger charge is -2.25. The lowest BCUT2D eigenvalue weighted by Crippen LogP contribution is -2.44. The SMILES string of the molecule is COc1ccc(CN2CC3=C(C2=O)[C@H](c2ccccc2)NC(=O)N3)cc1. The molecular weight excluding hydrogens is 330 g/mol. The molecule has 0 aliphatic carbocycles. The first-order valence-corrected chi connectivity index (χ1v) is 8.43. The summed E-state index contributed by atoms with van der Waals surface area (Å²) in [6, 6.07) is 16.5. The lowest BCUT2D eigenvalue weighted by atomic mass is 9.96. The van der Waals surface area contributed by atoms with Crippen LogP contribution in [0.3, 0.4) is 0 Å². The highest BCUT2D eigenvalue weighted by molar-refractivity contribution is 6.01. The summed E-state index contributed by atoms with van der Waals surface area (Å²) in [5, 5.41) is 5.65. The average Bonchev–Trinajstić information content (AvgIpc) is 2.97. The number of hydrogen-bond acceptors (Lipinski definition) is 3. The number of carbonyl (C=O) groups is 2.